The number of hydrogen-bond acceptors (Lipinski definition) is 6. The molecule has 1 unspecified atom stereocenters. The fourth-order valence-corrected chi connectivity index (χ4v) is 4.61. The van der Waals surface area contributed by atoms with Crippen LogP contribution in [0.4, 0.5) is 4.79 Å². The lowest BCUT2D eigenvalue weighted by atomic mass is 9.67. The molecule has 0 spiro atoms. The molecule has 0 aliphatic heterocycles. The van der Waals surface area contributed by atoms with Crippen LogP contribution in [0.15, 0.2) is 0 Å². The Morgan fingerprint density at radius 2 is 1.81 bits per heavy atom. The summed E-state index contributed by atoms with van der Waals surface area (Å²) < 4.78 is 5.29. The second-order valence-electron chi connectivity index (χ2n) is 8.15. The monoisotopic (exact) mass is 420 g/mol. The number of amides is 2. The molecule has 0 aromatic rings. The van der Waals surface area contributed by atoms with Crippen molar-refractivity contribution in [3.63, 3.8) is 0 Å². The topological polar surface area (TPSA) is 105 Å². The number of carbonyl (C=O) groups is 3. The summed E-state index contributed by atoms with van der Waals surface area (Å²) in [5.41, 5.74) is -0.534. The fourth-order valence-electron chi connectivity index (χ4n) is 2.72. The van der Waals surface area contributed by atoms with Crippen LogP contribution in [-0.4, -0.2) is 52.8 Å². The Kier molecular flexibility index (Phi) is 9.80. The highest BCUT2D eigenvalue weighted by Crippen LogP contribution is 2.44. The quantitative estimate of drug-likeness (QED) is 0.347. The molecule has 1 atom stereocenters. The molecule has 0 saturated heterocycles. The van der Waals surface area contributed by atoms with E-state index in [1.807, 2.05) is 0 Å². The SMILES string of the molecule is CC1(CC(NC(=O)OC(C)(C)C)C(=O)NCCSSCCC(=O)O)CCC1. The number of alkyl carbamates (subject to hydrolysis) is 1. The molecule has 0 aromatic carbocycles. The van der Waals surface area contributed by atoms with Gasteiger partial charge in [0.2, 0.25) is 5.91 Å². The first kappa shape index (κ1) is 23.9. The minimum atomic E-state index is -0.808. The Morgan fingerprint density at radius 3 is 2.33 bits per heavy atom. The zero-order valence-electron chi connectivity index (χ0n) is 16.6. The molecule has 1 aliphatic rings. The molecule has 27 heavy (non-hydrogen) atoms. The molecule has 1 fully saturated rings. The van der Waals surface area contributed by atoms with E-state index in [4.69, 9.17) is 9.84 Å². The summed E-state index contributed by atoms with van der Waals surface area (Å²) in [7, 11) is 3.00. The van der Waals surface area contributed by atoms with Gasteiger partial charge in [-0.25, -0.2) is 4.79 Å². The summed E-state index contributed by atoms with van der Waals surface area (Å²) in [6.45, 7) is 7.96. The Balaban J connectivity index is 2.42. The molecular weight excluding hydrogens is 388 g/mol. The Bertz CT molecular complexity index is 518. The molecule has 9 heteroatoms. The normalized spacial score (nSPS) is 16.7. The average molecular weight is 421 g/mol. The third kappa shape index (κ3) is 10.7. The smallest absolute Gasteiger partial charge is 0.408 e. The molecule has 0 bridgehead atoms. The number of rotatable bonds is 11. The van der Waals surface area contributed by atoms with Gasteiger partial charge in [0, 0.05) is 18.1 Å². The van der Waals surface area contributed by atoms with Crippen LogP contribution < -0.4 is 10.6 Å². The second kappa shape index (κ2) is 11.0. The lowest BCUT2D eigenvalue weighted by Crippen LogP contribution is -2.51. The summed E-state index contributed by atoms with van der Waals surface area (Å²) in [6.07, 6.45) is 3.42. The van der Waals surface area contributed by atoms with Crippen LogP contribution in [0, 0.1) is 5.41 Å². The van der Waals surface area contributed by atoms with Gasteiger partial charge in [-0.15, -0.1) is 0 Å². The third-order valence-electron chi connectivity index (χ3n) is 4.23. The zero-order valence-corrected chi connectivity index (χ0v) is 18.3. The minimum Gasteiger partial charge on any atom is -0.481 e. The maximum atomic E-state index is 12.6. The van der Waals surface area contributed by atoms with Crippen molar-refractivity contribution in [2.24, 2.45) is 5.41 Å². The van der Waals surface area contributed by atoms with Gasteiger partial charge in [0.15, 0.2) is 0 Å². The summed E-state index contributed by atoms with van der Waals surface area (Å²) in [4.78, 5) is 35.1. The van der Waals surface area contributed by atoms with Crippen LogP contribution in [0.2, 0.25) is 0 Å². The predicted octanol–water partition coefficient (Wildman–Crippen LogP) is 3.43. The summed E-state index contributed by atoms with van der Waals surface area (Å²) in [6, 6.07) is -0.616. The van der Waals surface area contributed by atoms with Gasteiger partial charge >= 0.3 is 12.1 Å². The highest BCUT2D eigenvalue weighted by atomic mass is 33.1. The Hall–Kier alpha value is -1.09. The molecule has 0 heterocycles. The van der Waals surface area contributed by atoms with E-state index in [1.165, 1.54) is 21.6 Å². The first-order chi connectivity index (χ1) is 12.5. The number of carboxylic acids is 1. The molecule has 0 aromatic heterocycles. The van der Waals surface area contributed by atoms with Gasteiger partial charge in [-0.05, 0) is 45.4 Å². The average Bonchev–Trinajstić information content (AvgIpc) is 2.49. The van der Waals surface area contributed by atoms with E-state index in [-0.39, 0.29) is 17.7 Å². The lowest BCUT2D eigenvalue weighted by molar-refractivity contribution is -0.136. The van der Waals surface area contributed by atoms with Gasteiger partial charge in [-0.3, -0.25) is 9.59 Å². The first-order valence-electron chi connectivity index (χ1n) is 9.24. The lowest BCUT2D eigenvalue weighted by Gasteiger charge is -2.40. The van der Waals surface area contributed by atoms with E-state index in [0.29, 0.717) is 24.5 Å². The van der Waals surface area contributed by atoms with Gasteiger partial charge in [0.25, 0.3) is 0 Å². The third-order valence-corrected chi connectivity index (χ3v) is 6.64. The maximum absolute atomic E-state index is 12.6. The van der Waals surface area contributed by atoms with Gasteiger partial charge in [-0.2, -0.15) is 0 Å². The maximum Gasteiger partial charge on any atom is 0.408 e. The van der Waals surface area contributed by atoms with Crippen molar-refractivity contribution in [2.75, 3.05) is 18.1 Å². The first-order valence-corrected chi connectivity index (χ1v) is 11.7. The fraction of sp³-hybridized carbons (Fsp3) is 0.833. The van der Waals surface area contributed by atoms with E-state index in [1.54, 1.807) is 20.8 Å². The summed E-state index contributed by atoms with van der Waals surface area (Å²) in [5, 5.41) is 14.2. The minimum absolute atomic E-state index is 0.0818. The van der Waals surface area contributed by atoms with Crippen molar-refractivity contribution in [1.29, 1.82) is 0 Å². The molecule has 156 valence electrons. The van der Waals surface area contributed by atoms with Crippen molar-refractivity contribution >= 4 is 39.6 Å². The molecular formula is C18H32N2O5S2. The van der Waals surface area contributed by atoms with Gasteiger partial charge in [0.05, 0.1) is 6.42 Å². The molecule has 1 aliphatic carbocycles. The Labute approximate surface area is 169 Å². The van der Waals surface area contributed by atoms with Crippen molar-refractivity contribution < 1.29 is 24.2 Å². The Morgan fingerprint density at radius 1 is 1.19 bits per heavy atom. The number of aliphatic carboxylic acids is 1. The molecule has 1 saturated carbocycles. The van der Waals surface area contributed by atoms with Crippen LogP contribution >= 0.6 is 21.6 Å². The van der Waals surface area contributed by atoms with E-state index in [0.717, 1.165) is 19.3 Å². The van der Waals surface area contributed by atoms with Crippen molar-refractivity contribution in [2.45, 2.75) is 71.4 Å². The largest absolute Gasteiger partial charge is 0.481 e. The zero-order chi connectivity index (χ0) is 20.5. The predicted molar refractivity (Wildman–Crippen MR) is 110 cm³/mol. The van der Waals surface area contributed by atoms with Gasteiger partial charge in [-0.1, -0.05) is 34.9 Å². The number of hydrogen-bond donors (Lipinski definition) is 3. The number of carboxylic acid groups (broad SMARTS) is 1. The molecule has 3 N–H and O–H groups in total. The number of ether oxygens (including phenoxy) is 1. The van der Waals surface area contributed by atoms with Crippen LogP contribution in [-0.2, 0) is 14.3 Å². The van der Waals surface area contributed by atoms with E-state index in [2.05, 4.69) is 17.6 Å². The van der Waals surface area contributed by atoms with Gasteiger partial charge in [0.1, 0.15) is 11.6 Å². The van der Waals surface area contributed by atoms with Crippen LogP contribution in [0.3, 0.4) is 0 Å². The standard InChI is InChI=1S/C18H32N2O5S2/c1-17(2,3)25-16(24)20-13(12-18(4)7-5-8-18)15(23)19-9-11-27-26-10-6-14(21)22/h13H,5-12H2,1-4H3,(H,19,23)(H,20,24)(H,21,22). The van der Waals surface area contributed by atoms with Crippen molar-refractivity contribution in [3.8, 4) is 0 Å². The molecule has 7 nitrogen and oxygen atoms in total. The van der Waals surface area contributed by atoms with E-state index < -0.39 is 23.7 Å². The molecule has 0 radical (unpaired) electrons. The van der Waals surface area contributed by atoms with Crippen LogP contribution in [0.5, 0.6) is 0 Å². The van der Waals surface area contributed by atoms with Crippen molar-refractivity contribution in [1.82, 2.24) is 10.6 Å². The van der Waals surface area contributed by atoms with Gasteiger partial charge < -0.3 is 20.5 Å². The highest BCUT2D eigenvalue weighted by Gasteiger charge is 2.37. The van der Waals surface area contributed by atoms with Crippen LogP contribution in [0.1, 0.15) is 59.8 Å². The van der Waals surface area contributed by atoms with E-state index >= 15 is 0 Å². The highest BCUT2D eigenvalue weighted by molar-refractivity contribution is 8.76. The van der Waals surface area contributed by atoms with Crippen LogP contribution in [0.25, 0.3) is 0 Å². The number of nitrogens with one attached hydrogen (secondary N) is 2. The number of carbonyl (C=O) groups excluding carboxylic acids is 2. The second-order valence-corrected chi connectivity index (χ2v) is 10.8. The molecule has 2 amide bonds. The summed E-state index contributed by atoms with van der Waals surface area (Å²) in [5.74, 6) is 0.198. The molecule has 1 rings (SSSR count). The van der Waals surface area contributed by atoms with Crippen molar-refractivity contribution in [3.05, 3.63) is 0 Å². The summed E-state index contributed by atoms with van der Waals surface area (Å²) >= 11 is 0. The van der Waals surface area contributed by atoms with E-state index in [9.17, 15) is 14.4 Å².